The molecule has 3 heterocycles. The minimum absolute atomic E-state index is 0.101. The van der Waals surface area contributed by atoms with E-state index in [0.717, 1.165) is 16.9 Å². The van der Waals surface area contributed by atoms with Gasteiger partial charge in [0.15, 0.2) is 0 Å². The summed E-state index contributed by atoms with van der Waals surface area (Å²) in [5.41, 5.74) is 0.539. The molecule has 0 aliphatic rings. The fourth-order valence-electron chi connectivity index (χ4n) is 2.46. The van der Waals surface area contributed by atoms with Gasteiger partial charge in [-0.15, -0.1) is 5.10 Å². The smallest absolute Gasteiger partial charge is 0.360 e. The lowest BCUT2D eigenvalue weighted by Gasteiger charge is -2.16. The average Bonchev–Trinajstić information content (AvgIpc) is 3.12. The third-order valence-electron chi connectivity index (χ3n) is 3.53. The molecule has 0 spiro atoms. The number of aryl methyl sites for hydroxylation is 2. The van der Waals surface area contributed by atoms with Gasteiger partial charge in [-0.1, -0.05) is 0 Å². The number of fused-ring (bicyclic) bond motifs is 1. The highest BCUT2D eigenvalue weighted by Gasteiger charge is 2.37. The van der Waals surface area contributed by atoms with Gasteiger partial charge in [0.2, 0.25) is 0 Å². The third-order valence-corrected chi connectivity index (χ3v) is 3.53. The van der Waals surface area contributed by atoms with Gasteiger partial charge in [0.25, 0.3) is 11.6 Å². The van der Waals surface area contributed by atoms with Gasteiger partial charge in [-0.3, -0.25) is 0 Å². The van der Waals surface area contributed by atoms with Crippen molar-refractivity contribution in [2.75, 3.05) is 5.32 Å². The number of alkyl halides is 3. The van der Waals surface area contributed by atoms with E-state index in [4.69, 9.17) is 0 Å². The highest BCUT2D eigenvalue weighted by Crippen LogP contribution is 2.27. The van der Waals surface area contributed by atoms with Gasteiger partial charge in [-0.05, 0) is 20.8 Å². The van der Waals surface area contributed by atoms with Gasteiger partial charge >= 0.3 is 6.18 Å². The van der Waals surface area contributed by atoms with E-state index in [1.54, 1.807) is 19.2 Å². The Kier molecular flexibility index (Phi) is 3.90. The normalized spacial score (nSPS) is 13.4. The Labute approximate surface area is 135 Å². The summed E-state index contributed by atoms with van der Waals surface area (Å²) in [5.74, 6) is -0.169. The van der Waals surface area contributed by atoms with Crippen LogP contribution in [0.2, 0.25) is 0 Å². The quantitative estimate of drug-likeness (QED) is 0.791. The maximum absolute atomic E-state index is 12.8. The van der Waals surface area contributed by atoms with Crippen molar-refractivity contribution in [2.45, 2.75) is 39.5 Å². The number of hydrogen-bond donors (Lipinski definition) is 1. The number of nitrogens with one attached hydrogen (secondary N) is 1. The molecule has 7 nitrogen and oxygen atoms in total. The Morgan fingerprint density at radius 2 is 2.04 bits per heavy atom. The van der Waals surface area contributed by atoms with Crippen molar-refractivity contribution in [3.05, 3.63) is 35.8 Å². The molecule has 0 fully saturated rings. The van der Waals surface area contributed by atoms with Crippen LogP contribution in [-0.4, -0.2) is 29.1 Å². The van der Waals surface area contributed by atoms with Crippen LogP contribution < -0.4 is 5.32 Å². The summed E-state index contributed by atoms with van der Waals surface area (Å²) in [6.07, 6.45) is -1.09. The summed E-state index contributed by atoms with van der Waals surface area (Å²) in [5, 5.41) is 6.67. The Hall–Kier alpha value is -2.65. The van der Waals surface area contributed by atoms with E-state index in [1.165, 1.54) is 0 Å². The van der Waals surface area contributed by atoms with Crippen molar-refractivity contribution < 1.29 is 13.2 Å². The minimum Gasteiger partial charge on any atom is -0.360 e. The number of nitrogens with zero attached hydrogens (tertiary/aromatic N) is 6. The summed E-state index contributed by atoms with van der Waals surface area (Å²) in [6.45, 7) is 6.29. The fourth-order valence-corrected chi connectivity index (χ4v) is 2.46. The van der Waals surface area contributed by atoms with Crippen molar-refractivity contribution in [1.82, 2.24) is 29.1 Å². The molecule has 3 aromatic heterocycles. The molecule has 24 heavy (non-hydrogen) atoms. The molecule has 0 aliphatic heterocycles. The number of aromatic nitrogens is 6. The maximum Gasteiger partial charge on any atom is 0.453 e. The number of rotatable bonds is 4. The average molecular weight is 339 g/mol. The Morgan fingerprint density at radius 3 is 2.71 bits per heavy atom. The van der Waals surface area contributed by atoms with Crippen LogP contribution in [0.3, 0.4) is 0 Å². The van der Waals surface area contributed by atoms with Crippen molar-refractivity contribution in [3.63, 3.8) is 0 Å². The zero-order valence-corrected chi connectivity index (χ0v) is 13.3. The zero-order chi connectivity index (χ0) is 17.5. The summed E-state index contributed by atoms with van der Waals surface area (Å²) in [7, 11) is 0. The number of hydrogen-bond acceptors (Lipinski definition) is 5. The van der Waals surface area contributed by atoms with E-state index in [1.807, 2.05) is 24.6 Å². The molecule has 0 radical (unpaired) electrons. The summed E-state index contributed by atoms with van der Waals surface area (Å²) < 4.78 is 41.5. The van der Waals surface area contributed by atoms with E-state index in [0.29, 0.717) is 11.5 Å². The molecule has 0 amide bonds. The Balaban J connectivity index is 2.01. The zero-order valence-electron chi connectivity index (χ0n) is 13.3. The first-order valence-corrected chi connectivity index (χ1v) is 7.38. The Bertz CT molecular complexity index is 865. The van der Waals surface area contributed by atoms with Crippen molar-refractivity contribution >= 4 is 11.6 Å². The molecule has 0 saturated carbocycles. The molecule has 10 heteroatoms. The van der Waals surface area contributed by atoms with Crippen LogP contribution in [0.15, 0.2) is 18.5 Å². The maximum atomic E-state index is 12.8. The van der Waals surface area contributed by atoms with E-state index < -0.39 is 12.0 Å². The van der Waals surface area contributed by atoms with Crippen molar-refractivity contribution in [2.24, 2.45) is 0 Å². The predicted octanol–water partition coefficient (Wildman–Crippen LogP) is 2.84. The first-order chi connectivity index (χ1) is 11.3. The van der Waals surface area contributed by atoms with Crippen LogP contribution in [0.4, 0.5) is 19.0 Å². The van der Waals surface area contributed by atoms with Gasteiger partial charge in [-0.25, -0.2) is 9.97 Å². The van der Waals surface area contributed by atoms with Crippen LogP contribution in [0.25, 0.3) is 5.78 Å². The molecular formula is C14H16F3N7. The van der Waals surface area contributed by atoms with E-state index in [9.17, 15) is 13.2 Å². The lowest BCUT2D eigenvalue weighted by molar-refractivity contribution is -0.144. The highest BCUT2D eigenvalue weighted by atomic mass is 19.4. The largest absolute Gasteiger partial charge is 0.453 e. The molecule has 0 bridgehead atoms. The SMILES string of the molecule is CCn1ccnc1C(C)Nc1cc(C)nc2nc(C(F)(F)F)nn12. The molecule has 1 N–H and O–H groups in total. The standard InChI is InChI=1S/C14H16F3N7/c1-4-23-6-5-18-11(23)9(3)20-10-7-8(2)19-13-21-12(14(15,16)17)22-24(10)13/h5-7,9,20H,4H2,1-3H3. The highest BCUT2D eigenvalue weighted by molar-refractivity contribution is 5.46. The van der Waals surface area contributed by atoms with Gasteiger partial charge in [0, 0.05) is 30.7 Å². The van der Waals surface area contributed by atoms with E-state index >= 15 is 0 Å². The first-order valence-electron chi connectivity index (χ1n) is 7.38. The number of anilines is 1. The fraction of sp³-hybridized carbons (Fsp3) is 0.429. The second-order valence-corrected chi connectivity index (χ2v) is 5.37. The Morgan fingerprint density at radius 1 is 1.29 bits per heavy atom. The topological polar surface area (TPSA) is 72.9 Å². The lowest BCUT2D eigenvalue weighted by atomic mass is 10.3. The second kappa shape index (κ2) is 5.77. The lowest BCUT2D eigenvalue weighted by Crippen LogP contribution is -2.16. The van der Waals surface area contributed by atoms with Gasteiger partial charge in [0.05, 0.1) is 6.04 Å². The van der Waals surface area contributed by atoms with Gasteiger partial charge in [0.1, 0.15) is 11.6 Å². The van der Waals surface area contributed by atoms with E-state index in [2.05, 4.69) is 25.4 Å². The van der Waals surface area contributed by atoms with Crippen molar-refractivity contribution in [1.29, 1.82) is 0 Å². The molecule has 0 aliphatic carbocycles. The first kappa shape index (κ1) is 16.2. The summed E-state index contributed by atoms with van der Waals surface area (Å²) in [6, 6.07) is 1.39. The van der Waals surface area contributed by atoms with E-state index in [-0.39, 0.29) is 11.8 Å². The molecule has 3 rings (SSSR count). The molecule has 1 unspecified atom stereocenters. The number of imidazole rings is 1. The summed E-state index contributed by atoms with van der Waals surface area (Å²) in [4.78, 5) is 11.8. The monoisotopic (exact) mass is 339 g/mol. The van der Waals surface area contributed by atoms with Crippen LogP contribution in [0, 0.1) is 6.92 Å². The predicted molar refractivity (Wildman–Crippen MR) is 80.5 cm³/mol. The molecule has 128 valence electrons. The molecule has 1 atom stereocenters. The van der Waals surface area contributed by atoms with Gasteiger partial charge < -0.3 is 9.88 Å². The van der Waals surface area contributed by atoms with Crippen LogP contribution >= 0.6 is 0 Å². The van der Waals surface area contributed by atoms with Gasteiger partial charge in [-0.2, -0.15) is 22.7 Å². The van der Waals surface area contributed by atoms with Crippen LogP contribution in [0.5, 0.6) is 0 Å². The van der Waals surface area contributed by atoms with Crippen molar-refractivity contribution in [3.8, 4) is 0 Å². The molecular weight excluding hydrogens is 323 g/mol. The number of halogens is 3. The third kappa shape index (κ3) is 2.91. The molecule has 3 aromatic rings. The molecule has 0 aromatic carbocycles. The molecule has 0 saturated heterocycles. The minimum atomic E-state index is -4.62. The van der Waals surface area contributed by atoms with Crippen LogP contribution in [-0.2, 0) is 12.7 Å². The van der Waals surface area contributed by atoms with Crippen LogP contribution in [0.1, 0.15) is 37.2 Å². The summed E-state index contributed by atoms with van der Waals surface area (Å²) >= 11 is 0. The second-order valence-electron chi connectivity index (χ2n) is 5.37.